The van der Waals surface area contributed by atoms with Gasteiger partial charge in [-0.25, -0.2) is 4.39 Å². The SMILES string of the molecule is COc1cc(NCCF)cc(OC)c1NC(=O)c1ccc(Cc2cc3c(cc2C)CCCC3(C)C)o1. The zero-order valence-corrected chi connectivity index (χ0v) is 21.7. The molecule has 0 radical (unpaired) electrons. The highest BCUT2D eigenvalue weighted by atomic mass is 19.1. The fraction of sp³-hybridized carbons (Fsp3) is 0.414. The Bertz CT molecular complexity index is 1220. The number of alkyl halides is 1. The van der Waals surface area contributed by atoms with E-state index in [2.05, 4.69) is 43.5 Å². The van der Waals surface area contributed by atoms with Gasteiger partial charge in [0.25, 0.3) is 5.91 Å². The topological polar surface area (TPSA) is 72.7 Å². The maximum atomic E-state index is 13.0. The molecule has 2 N–H and O–H groups in total. The molecule has 3 aromatic rings. The van der Waals surface area contributed by atoms with Gasteiger partial charge < -0.3 is 24.5 Å². The molecular formula is C29H35FN2O4. The molecule has 0 fully saturated rings. The fourth-order valence-corrected chi connectivity index (χ4v) is 4.98. The van der Waals surface area contributed by atoms with Gasteiger partial charge in [0.2, 0.25) is 0 Å². The number of carbonyl (C=O) groups is 1. The van der Waals surface area contributed by atoms with Crippen LogP contribution in [0.25, 0.3) is 0 Å². The minimum atomic E-state index is -0.507. The number of nitrogens with one attached hydrogen (secondary N) is 2. The summed E-state index contributed by atoms with van der Waals surface area (Å²) in [6.45, 7) is 6.41. The van der Waals surface area contributed by atoms with Crippen molar-refractivity contribution in [2.24, 2.45) is 0 Å². The lowest BCUT2D eigenvalue weighted by molar-refractivity contribution is 0.0994. The molecule has 0 saturated carbocycles. The van der Waals surface area contributed by atoms with E-state index in [1.165, 1.54) is 49.3 Å². The van der Waals surface area contributed by atoms with Crippen LogP contribution in [0.3, 0.4) is 0 Å². The number of fused-ring (bicyclic) bond motifs is 1. The Balaban J connectivity index is 1.53. The van der Waals surface area contributed by atoms with Gasteiger partial charge in [0.05, 0.1) is 14.2 Å². The monoisotopic (exact) mass is 494 g/mol. The van der Waals surface area contributed by atoms with Crippen LogP contribution in [0.2, 0.25) is 0 Å². The van der Waals surface area contributed by atoms with Gasteiger partial charge in [0.15, 0.2) is 5.76 Å². The number of carbonyl (C=O) groups excluding carboxylic acids is 1. The molecule has 0 saturated heterocycles. The summed E-state index contributed by atoms with van der Waals surface area (Å²) in [6.07, 6.45) is 4.16. The normalized spacial score (nSPS) is 14.2. The summed E-state index contributed by atoms with van der Waals surface area (Å²) in [4.78, 5) is 13.0. The van der Waals surface area contributed by atoms with Crippen molar-refractivity contribution in [3.63, 3.8) is 0 Å². The first kappa shape index (κ1) is 25.6. The smallest absolute Gasteiger partial charge is 0.291 e. The maximum Gasteiger partial charge on any atom is 0.291 e. The Kier molecular flexibility index (Phi) is 7.57. The molecule has 1 aliphatic carbocycles. The second kappa shape index (κ2) is 10.6. The van der Waals surface area contributed by atoms with Crippen molar-refractivity contribution < 1.29 is 23.1 Å². The zero-order valence-electron chi connectivity index (χ0n) is 21.7. The Hall–Kier alpha value is -3.48. The lowest BCUT2D eigenvalue weighted by Gasteiger charge is -2.33. The summed E-state index contributed by atoms with van der Waals surface area (Å²) < 4.78 is 29.4. The fourth-order valence-electron chi connectivity index (χ4n) is 4.98. The Labute approximate surface area is 212 Å². The van der Waals surface area contributed by atoms with Crippen LogP contribution in [0.4, 0.5) is 15.8 Å². The van der Waals surface area contributed by atoms with E-state index in [4.69, 9.17) is 13.9 Å². The third kappa shape index (κ3) is 5.35. The zero-order chi connectivity index (χ0) is 25.9. The summed E-state index contributed by atoms with van der Waals surface area (Å²) >= 11 is 0. The molecule has 7 heteroatoms. The van der Waals surface area contributed by atoms with E-state index in [1.54, 1.807) is 18.2 Å². The van der Waals surface area contributed by atoms with E-state index in [9.17, 15) is 9.18 Å². The van der Waals surface area contributed by atoms with E-state index in [1.807, 2.05) is 6.07 Å². The van der Waals surface area contributed by atoms with Crippen LogP contribution in [0.5, 0.6) is 11.5 Å². The average molecular weight is 495 g/mol. The quantitative estimate of drug-likeness (QED) is 0.358. The minimum absolute atomic E-state index is 0.161. The number of aryl methyl sites for hydroxylation is 2. The van der Waals surface area contributed by atoms with Gasteiger partial charge in [-0.1, -0.05) is 26.0 Å². The molecule has 1 aromatic heterocycles. The van der Waals surface area contributed by atoms with Crippen molar-refractivity contribution >= 4 is 17.3 Å². The van der Waals surface area contributed by atoms with E-state index in [0.29, 0.717) is 29.3 Å². The number of halogens is 1. The molecule has 4 rings (SSSR count). The van der Waals surface area contributed by atoms with Gasteiger partial charge in [-0.2, -0.15) is 0 Å². The molecule has 0 aliphatic heterocycles. The highest BCUT2D eigenvalue weighted by molar-refractivity contribution is 6.04. The number of ether oxygens (including phenoxy) is 2. The van der Waals surface area contributed by atoms with Crippen LogP contribution < -0.4 is 20.1 Å². The third-order valence-electron chi connectivity index (χ3n) is 6.96. The van der Waals surface area contributed by atoms with Crippen LogP contribution in [0.1, 0.15) is 65.3 Å². The molecule has 0 bridgehead atoms. The number of methoxy groups -OCH3 is 2. The minimum Gasteiger partial charge on any atom is -0.494 e. The van der Waals surface area contributed by atoms with E-state index >= 15 is 0 Å². The van der Waals surface area contributed by atoms with Gasteiger partial charge in [-0.15, -0.1) is 0 Å². The highest BCUT2D eigenvalue weighted by Crippen LogP contribution is 2.39. The summed E-state index contributed by atoms with van der Waals surface area (Å²) in [6, 6.07) is 11.5. The van der Waals surface area contributed by atoms with Crippen LogP contribution in [-0.2, 0) is 18.3 Å². The van der Waals surface area contributed by atoms with Gasteiger partial charge in [-0.3, -0.25) is 4.79 Å². The van der Waals surface area contributed by atoms with E-state index < -0.39 is 12.6 Å². The molecule has 2 aromatic carbocycles. The molecule has 192 valence electrons. The Morgan fingerprint density at radius 1 is 1.11 bits per heavy atom. The molecule has 1 amide bonds. The van der Waals surface area contributed by atoms with Crippen molar-refractivity contribution in [1.29, 1.82) is 0 Å². The van der Waals surface area contributed by atoms with Crippen molar-refractivity contribution in [2.45, 2.75) is 51.9 Å². The van der Waals surface area contributed by atoms with Crippen molar-refractivity contribution in [2.75, 3.05) is 38.1 Å². The summed E-state index contributed by atoms with van der Waals surface area (Å²) in [5, 5.41) is 5.78. The second-order valence-corrected chi connectivity index (χ2v) is 9.94. The van der Waals surface area contributed by atoms with Gasteiger partial charge in [0.1, 0.15) is 29.6 Å². The highest BCUT2D eigenvalue weighted by Gasteiger charge is 2.28. The van der Waals surface area contributed by atoms with Crippen LogP contribution in [0, 0.1) is 6.92 Å². The molecule has 6 nitrogen and oxygen atoms in total. The van der Waals surface area contributed by atoms with Crippen molar-refractivity contribution in [1.82, 2.24) is 0 Å². The number of furan rings is 1. The molecule has 0 spiro atoms. The van der Waals surface area contributed by atoms with Crippen LogP contribution >= 0.6 is 0 Å². The van der Waals surface area contributed by atoms with Crippen LogP contribution in [-0.4, -0.2) is 33.3 Å². The first-order valence-electron chi connectivity index (χ1n) is 12.3. The summed E-state index contributed by atoms with van der Waals surface area (Å²) in [5.41, 5.74) is 6.49. The number of hydrogen-bond donors (Lipinski definition) is 2. The van der Waals surface area contributed by atoms with Gasteiger partial charge in [-0.05, 0) is 66.0 Å². The van der Waals surface area contributed by atoms with E-state index in [-0.39, 0.29) is 17.7 Å². The molecule has 1 aliphatic rings. The molecule has 36 heavy (non-hydrogen) atoms. The third-order valence-corrected chi connectivity index (χ3v) is 6.96. The standard InChI is InChI=1S/C29H35FN2O4/c1-18-13-19-7-6-10-29(2,3)23(19)15-20(18)14-22-8-9-24(36-22)28(33)32-27-25(34-4)16-21(31-12-11-30)17-26(27)35-5/h8-9,13,15-17,31H,6-7,10-12,14H2,1-5H3,(H,32,33). The maximum absolute atomic E-state index is 13.0. The Morgan fingerprint density at radius 3 is 2.50 bits per heavy atom. The first-order valence-corrected chi connectivity index (χ1v) is 12.3. The number of anilines is 2. The number of benzene rings is 2. The lowest BCUT2D eigenvalue weighted by atomic mass is 9.71. The summed E-state index contributed by atoms with van der Waals surface area (Å²) in [5.74, 6) is 1.29. The van der Waals surface area contributed by atoms with Crippen molar-refractivity contribution in [3.8, 4) is 11.5 Å². The summed E-state index contributed by atoms with van der Waals surface area (Å²) in [7, 11) is 2.99. The molecule has 0 atom stereocenters. The van der Waals surface area contributed by atoms with Crippen molar-refractivity contribution in [3.05, 3.63) is 70.2 Å². The Morgan fingerprint density at radius 2 is 1.83 bits per heavy atom. The molecule has 1 heterocycles. The molecule has 0 unspecified atom stereocenters. The molecular weight excluding hydrogens is 459 g/mol. The predicted octanol–water partition coefficient (Wildman–Crippen LogP) is 6.44. The number of rotatable bonds is 9. The van der Waals surface area contributed by atoms with Gasteiger partial charge in [0, 0.05) is 30.8 Å². The largest absolute Gasteiger partial charge is 0.494 e. The number of amides is 1. The van der Waals surface area contributed by atoms with Crippen LogP contribution in [0.15, 0.2) is 40.8 Å². The lowest BCUT2D eigenvalue weighted by Crippen LogP contribution is -2.24. The van der Waals surface area contributed by atoms with Gasteiger partial charge >= 0.3 is 0 Å². The second-order valence-electron chi connectivity index (χ2n) is 9.94. The first-order chi connectivity index (χ1) is 17.2. The predicted molar refractivity (Wildman–Crippen MR) is 141 cm³/mol. The average Bonchev–Trinajstić information content (AvgIpc) is 3.32. The number of hydrogen-bond acceptors (Lipinski definition) is 5. The van der Waals surface area contributed by atoms with E-state index in [0.717, 1.165) is 12.2 Å².